The number of carbonyl (C=O) groups is 1. The maximum absolute atomic E-state index is 11.9. The third kappa shape index (κ3) is 3.17. The fourth-order valence-corrected chi connectivity index (χ4v) is 2.67. The van der Waals surface area contributed by atoms with Gasteiger partial charge in [0, 0.05) is 17.0 Å². The minimum Gasteiger partial charge on any atom is -0.399 e. The van der Waals surface area contributed by atoms with Gasteiger partial charge in [0.15, 0.2) is 0 Å². The van der Waals surface area contributed by atoms with Crippen LogP contribution in [-0.2, 0) is 17.6 Å². The Morgan fingerprint density at radius 3 is 2.44 bits per heavy atom. The number of nitrogen functional groups attached to an aromatic ring is 1. The minimum absolute atomic E-state index is 0.188. The summed E-state index contributed by atoms with van der Waals surface area (Å²) in [4.78, 5) is 17.5. The van der Waals surface area contributed by atoms with Crippen LogP contribution in [0.4, 0.5) is 5.69 Å². The largest absolute Gasteiger partial charge is 0.399 e. The molecule has 2 rings (SSSR count). The van der Waals surface area contributed by atoms with Gasteiger partial charge < -0.3 is 5.73 Å². The molecule has 2 aromatic rings. The molecule has 0 fully saturated rings. The number of nitrogens with zero attached hydrogens (tertiary/aromatic N) is 1. The van der Waals surface area contributed by atoms with Gasteiger partial charge >= 0.3 is 0 Å². The number of Topliss-reactive ketones (excluding diaryl/α,β-unsaturated/α-hetero) is 1. The van der Waals surface area contributed by atoms with E-state index in [0.29, 0.717) is 12.8 Å². The number of rotatable bonds is 4. The van der Waals surface area contributed by atoms with E-state index in [0.717, 1.165) is 22.0 Å². The molecular formula is C14H16N2OS. The number of nitrogens with two attached hydrogens (primary N) is 1. The Kier molecular flexibility index (Phi) is 3.77. The molecule has 3 nitrogen and oxygen atoms in total. The molecule has 0 atom stereocenters. The van der Waals surface area contributed by atoms with Gasteiger partial charge in [0.2, 0.25) is 0 Å². The van der Waals surface area contributed by atoms with E-state index in [1.54, 1.807) is 11.3 Å². The molecule has 2 N–H and O–H groups in total. The predicted octanol–water partition coefficient (Wildman–Crippen LogP) is 2.70. The maximum atomic E-state index is 11.9. The summed E-state index contributed by atoms with van der Waals surface area (Å²) < 4.78 is 0. The van der Waals surface area contributed by atoms with Gasteiger partial charge in [0.25, 0.3) is 0 Å². The first-order valence-electron chi connectivity index (χ1n) is 5.83. The summed E-state index contributed by atoms with van der Waals surface area (Å²) in [6.07, 6.45) is 0.863. The highest BCUT2D eigenvalue weighted by Crippen LogP contribution is 2.17. The Balaban J connectivity index is 1.98. The van der Waals surface area contributed by atoms with E-state index in [2.05, 4.69) is 4.98 Å². The van der Waals surface area contributed by atoms with E-state index in [-0.39, 0.29) is 5.78 Å². The van der Waals surface area contributed by atoms with Crippen LogP contribution in [0.5, 0.6) is 0 Å². The zero-order valence-electron chi connectivity index (χ0n) is 10.6. The van der Waals surface area contributed by atoms with Crippen molar-refractivity contribution in [3.05, 3.63) is 45.4 Å². The van der Waals surface area contributed by atoms with Gasteiger partial charge in [-0.15, -0.1) is 11.3 Å². The molecule has 0 spiro atoms. The molecular weight excluding hydrogens is 244 g/mol. The highest BCUT2D eigenvalue weighted by Gasteiger charge is 2.09. The molecule has 1 heterocycles. The van der Waals surface area contributed by atoms with Crippen LogP contribution in [0, 0.1) is 13.8 Å². The first-order valence-corrected chi connectivity index (χ1v) is 6.65. The molecule has 0 radical (unpaired) electrons. The quantitative estimate of drug-likeness (QED) is 0.860. The van der Waals surface area contributed by atoms with Crippen LogP contribution >= 0.6 is 11.3 Å². The number of aromatic nitrogens is 1. The van der Waals surface area contributed by atoms with Crippen molar-refractivity contribution in [2.24, 2.45) is 0 Å². The molecule has 0 saturated heterocycles. The molecule has 0 bridgehead atoms. The fourth-order valence-electron chi connectivity index (χ4n) is 1.71. The van der Waals surface area contributed by atoms with Crippen molar-refractivity contribution in [2.75, 3.05) is 5.73 Å². The summed E-state index contributed by atoms with van der Waals surface area (Å²) in [5, 5.41) is 0.908. The fraction of sp³-hybridized carbons (Fsp3) is 0.286. The molecule has 18 heavy (non-hydrogen) atoms. The zero-order chi connectivity index (χ0) is 13.1. The molecule has 4 heteroatoms. The molecule has 1 aromatic carbocycles. The van der Waals surface area contributed by atoms with Crippen molar-refractivity contribution >= 4 is 22.8 Å². The molecule has 0 aliphatic rings. The Morgan fingerprint density at radius 2 is 1.89 bits per heavy atom. The van der Waals surface area contributed by atoms with Gasteiger partial charge in [-0.3, -0.25) is 4.79 Å². The molecule has 0 amide bonds. The topological polar surface area (TPSA) is 56.0 Å². The lowest BCUT2D eigenvalue weighted by Crippen LogP contribution is -2.06. The van der Waals surface area contributed by atoms with E-state index >= 15 is 0 Å². The summed E-state index contributed by atoms with van der Waals surface area (Å²) in [6.45, 7) is 4.00. The summed E-state index contributed by atoms with van der Waals surface area (Å²) >= 11 is 1.60. The van der Waals surface area contributed by atoms with E-state index in [1.165, 1.54) is 4.88 Å². The third-order valence-electron chi connectivity index (χ3n) is 2.80. The second-order valence-corrected chi connectivity index (χ2v) is 5.67. The van der Waals surface area contributed by atoms with Crippen LogP contribution in [0.2, 0.25) is 0 Å². The second-order valence-electron chi connectivity index (χ2n) is 4.38. The standard InChI is InChI=1S/C14H16N2OS/c1-9-10(2)18-14(16-9)8-13(17)7-11-3-5-12(15)6-4-11/h3-6H,7-8,15H2,1-2H3. The summed E-state index contributed by atoms with van der Waals surface area (Å²) in [7, 11) is 0. The van der Waals surface area contributed by atoms with Gasteiger partial charge in [0.05, 0.1) is 12.1 Å². The highest BCUT2D eigenvalue weighted by atomic mass is 32.1. The molecule has 1 aromatic heterocycles. The van der Waals surface area contributed by atoms with Crippen LogP contribution < -0.4 is 5.73 Å². The lowest BCUT2D eigenvalue weighted by molar-refractivity contribution is -0.117. The SMILES string of the molecule is Cc1nc(CC(=O)Cc2ccc(N)cc2)sc1C. The average Bonchev–Trinajstić information content (AvgIpc) is 2.61. The zero-order valence-corrected chi connectivity index (χ0v) is 11.4. The lowest BCUT2D eigenvalue weighted by atomic mass is 10.1. The minimum atomic E-state index is 0.188. The van der Waals surface area contributed by atoms with E-state index in [4.69, 9.17) is 5.73 Å². The van der Waals surface area contributed by atoms with Gasteiger partial charge in [-0.05, 0) is 31.5 Å². The van der Waals surface area contributed by atoms with Crippen LogP contribution in [0.3, 0.4) is 0 Å². The number of aryl methyl sites for hydroxylation is 2. The summed E-state index contributed by atoms with van der Waals surface area (Å²) in [5.74, 6) is 0.188. The number of thiazole rings is 1. The monoisotopic (exact) mass is 260 g/mol. The van der Waals surface area contributed by atoms with E-state index < -0.39 is 0 Å². The van der Waals surface area contributed by atoms with Gasteiger partial charge in [-0.2, -0.15) is 0 Å². The Labute approximate surface area is 111 Å². The molecule has 0 aliphatic carbocycles. The summed E-state index contributed by atoms with van der Waals surface area (Å²) in [5.41, 5.74) is 8.35. The Bertz CT molecular complexity index is 538. The second kappa shape index (κ2) is 5.31. The van der Waals surface area contributed by atoms with E-state index in [1.807, 2.05) is 38.1 Å². The number of anilines is 1. The number of hydrogen-bond donors (Lipinski definition) is 1. The summed E-state index contributed by atoms with van der Waals surface area (Å²) in [6, 6.07) is 7.43. The van der Waals surface area contributed by atoms with Crippen molar-refractivity contribution < 1.29 is 4.79 Å². The number of benzene rings is 1. The molecule has 0 aliphatic heterocycles. The van der Waals surface area contributed by atoms with Gasteiger partial charge in [-0.1, -0.05) is 12.1 Å². The average molecular weight is 260 g/mol. The number of hydrogen-bond acceptors (Lipinski definition) is 4. The van der Waals surface area contributed by atoms with Crippen LogP contribution in [0.15, 0.2) is 24.3 Å². The van der Waals surface area contributed by atoms with Crippen molar-refractivity contribution in [1.82, 2.24) is 4.98 Å². The Morgan fingerprint density at radius 1 is 1.22 bits per heavy atom. The first-order chi connectivity index (χ1) is 8.54. The Hall–Kier alpha value is -1.68. The lowest BCUT2D eigenvalue weighted by Gasteiger charge is -2.00. The molecule has 0 unspecified atom stereocenters. The highest BCUT2D eigenvalue weighted by molar-refractivity contribution is 7.11. The van der Waals surface area contributed by atoms with Crippen LogP contribution in [-0.4, -0.2) is 10.8 Å². The molecule has 94 valence electrons. The van der Waals surface area contributed by atoms with E-state index in [9.17, 15) is 4.79 Å². The third-order valence-corrected chi connectivity index (χ3v) is 3.88. The predicted molar refractivity (Wildman–Crippen MR) is 74.9 cm³/mol. The van der Waals surface area contributed by atoms with Crippen molar-refractivity contribution in [3.63, 3.8) is 0 Å². The van der Waals surface area contributed by atoms with Gasteiger partial charge in [-0.25, -0.2) is 4.98 Å². The van der Waals surface area contributed by atoms with Crippen molar-refractivity contribution in [1.29, 1.82) is 0 Å². The first kappa shape index (κ1) is 12.8. The number of carbonyl (C=O) groups excluding carboxylic acids is 1. The molecule has 0 saturated carbocycles. The smallest absolute Gasteiger partial charge is 0.144 e. The van der Waals surface area contributed by atoms with Crippen LogP contribution in [0.25, 0.3) is 0 Å². The van der Waals surface area contributed by atoms with Gasteiger partial charge in [0.1, 0.15) is 10.8 Å². The van der Waals surface area contributed by atoms with Crippen LogP contribution in [0.1, 0.15) is 21.1 Å². The normalized spacial score (nSPS) is 10.6. The van der Waals surface area contributed by atoms with Crippen molar-refractivity contribution in [3.8, 4) is 0 Å². The maximum Gasteiger partial charge on any atom is 0.144 e. The number of ketones is 1. The van der Waals surface area contributed by atoms with Crippen molar-refractivity contribution in [2.45, 2.75) is 26.7 Å².